The van der Waals surface area contributed by atoms with Crippen molar-refractivity contribution in [2.45, 2.75) is 6.92 Å². The summed E-state index contributed by atoms with van der Waals surface area (Å²) >= 11 is 4.86. The molecular weight excluding hydrogens is 296 g/mol. The van der Waals surface area contributed by atoms with Gasteiger partial charge in [-0.05, 0) is 47.7 Å². The molecule has 0 radical (unpaired) electrons. The van der Waals surface area contributed by atoms with Crippen LogP contribution >= 0.6 is 27.3 Å². The van der Waals surface area contributed by atoms with E-state index in [2.05, 4.69) is 15.9 Å². The molecule has 1 heterocycles. The van der Waals surface area contributed by atoms with Crippen molar-refractivity contribution in [1.82, 2.24) is 0 Å². The average Bonchev–Trinajstić information content (AvgIpc) is 2.75. The van der Waals surface area contributed by atoms with Crippen LogP contribution in [0.4, 0.5) is 0 Å². The van der Waals surface area contributed by atoms with Gasteiger partial charge in [0, 0.05) is 4.47 Å². The second-order valence-electron chi connectivity index (χ2n) is 3.74. The molecule has 2 rings (SSSR count). The van der Waals surface area contributed by atoms with E-state index in [4.69, 9.17) is 0 Å². The Bertz CT molecular complexity index is 552. The van der Waals surface area contributed by atoms with Crippen molar-refractivity contribution in [1.29, 1.82) is 0 Å². The lowest BCUT2D eigenvalue weighted by molar-refractivity contribution is 0.105. The van der Waals surface area contributed by atoms with Gasteiger partial charge in [0.1, 0.15) is 0 Å². The molecule has 1 nitrogen and oxygen atoms in total. The lowest BCUT2D eigenvalue weighted by atomic mass is 10.2. The van der Waals surface area contributed by atoms with Gasteiger partial charge >= 0.3 is 0 Å². The van der Waals surface area contributed by atoms with Crippen LogP contribution in [0.3, 0.4) is 0 Å². The molecule has 1 aromatic carbocycles. The molecule has 3 heteroatoms. The predicted molar refractivity (Wildman–Crippen MR) is 76.6 cm³/mol. The Labute approximate surface area is 113 Å². The number of carbonyl (C=O) groups excluding carboxylic acids is 1. The maximum atomic E-state index is 11.8. The Kier molecular flexibility index (Phi) is 3.92. The average molecular weight is 307 g/mol. The molecule has 0 aliphatic heterocycles. The van der Waals surface area contributed by atoms with E-state index in [1.807, 2.05) is 48.7 Å². The van der Waals surface area contributed by atoms with Crippen molar-refractivity contribution in [2.24, 2.45) is 0 Å². The van der Waals surface area contributed by atoms with E-state index >= 15 is 0 Å². The van der Waals surface area contributed by atoms with Crippen molar-refractivity contribution in [2.75, 3.05) is 0 Å². The fraction of sp³-hybridized carbons (Fsp3) is 0.0714. The second kappa shape index (κ2) is 5.43. The van der Waals surface area contributed by atoms with Crippen molar-refractivity contribution in [3.05, 3.63) is 62.3 Å². The van der Waals surface area contributed by atoms with Crippen molar-refractivity contribution in [3.8, 4) is 0 Å². The van der Waals surface area contributed by atoms with Crippen LogP contribution in [0.2, 0.25) is 0 Å². The lowest BCUT2D eigenvalue weighted by Gasteiger charge is -1.93. The number of ketones is 1. The minimum atomic E-state index is 0.0611. The van der Waals surface area contributed by atoms with Crippen LogP contribution in [-0.2, 0) is 0 Å². The molecule has 0 spiro atoms. The Morgan fingerprint density at radius 3 is 2.59 bits per heavy atom. The van der Waals surface area contributed by atoms with Gasteiger partial charge in [-0.25, -0.2) is 0 Å². The topological polar surface area (TPSA) is 17.1 Å². The number of hydrogen-bond donors (Lipinski definition) is 0. The first-order valence-electron chi connectivity index (χ1n) is 5.18. The molecule has 0 aliphatic carbocycles. The SMILES string of the molecule is Cc1csc(C(=O)/C=C/c2ccc(Br)cc2)c1. The normalized spacial score (nSPS) is 10.9. The number of thiophene rings is 1. The number of benzene rings is 1. The van der Waals surface area contributed by atoms with Crippen LogP contribution in [0, 0.1) is 6.92 Å². The highest BCUT2D eigenvalue weighted by Gasteiger charge is 2.03. The first-order chi connectivity index (χ1) is 8.15. The fourth-order valence-electron chi connectivity index (χ4n) is 1.39. The summed E-state index contributed by atoms with van der Waals surface area (Å²) in [5.74, 6) is 0.0611. The van der Waals surface area contributed by atoms with E-state index in [1.165, 1.54) is 11.3 Å². The first-order valence-corrected chi connectivity index (χ1v) is 6.85. The van der Waals surface area contributed by atoms with Gasteiger partial charge in [0.05, 0.1) is 4.88 Å². The highest BCUT2D eigenvalue weighted by Crippen LogP contribution is 2.16. The van der Waals surface area contributed by atoms with Gasteiger partial charge in [-0.3, -0.25) is 4.79 Å². The van der Waals surface area contributed by atoms with E-state index in [0.717, 1.165) is 20.5 Å². The van der Waals surface area contributed by atoms with Gasteiger partial charge < -0.3 is 0 Å². The molecule has 0 aliphatic rings. The summed E-state index contributed by atoms with van der Waals surface area (Å²) in [6.45, 7) is 1.99. The monoisotopic (exact) mass is 306 g/mol. The fourth-order valence-corrected chi connectivity index (χ4v) is 2.47. The summed E-state index contributed by atoms with van der Waals surface area (Å²) in [5, 5.41) is 1.99. The lowest BCUT2D eigenvalue weighted by Crippen LogP contribution is -1.88. The minimum absolute atomic E-state index is 0.0611. The van der Waals surface area contributed by atoms with E-state index in [1.54, 1.807) is 6.08 Å². The summed E-state index contributed by atoms with van der Waals surface area (Å²) in [5.41, 5.74) is 2.16. The largest absolute Gasteiger partial charge is 0.288 e. The molecule has 0 unspecified atom stereocenters. The quantitative estimate of drug-likeness (QED) is 0.592. The van der Waals surface area contributed by atoms with E-state index in [9.17, 15) is 4.79 Å². The number of hydrogen-bond acceptors (Lipinski definition) is 2. The van der Waals surface area contributed by atoms with Gasteiger partial charge in [0.2, 0.25) is 0 Å². The van der Waals surface area contributed by atoms with Crippen LogP contribution in [-0.4, -0.2) is 5.78 Å². The molecule has 1 aromatic heterocycles. The zero-order valence-corrected chi connectivity index (χ0v) is 11.7. The Hall–Kier alpha value is -1.19. The smallest absolute Gasteiger partial charge is 0.195 e. The molecule has 0 fully saturated rings. The van der Waals surface area contributed by atoms with Crippen LogP contribution in [0.25, 0.3) is 6.08 Å². The standard InChI is InChI=1S/C14H11BrOS/c1-10-8-14(17-9-10)13(16)7-4-11-2-5-12(15)6-3-11/h2-9H,1H3/b7-4+. The zero-order valence-electron chi connectivity index (χ0n) is 9.31. The van der Waals surface area contributed by atoms with Gasteiger partial charge in [-0.1, -0.05) is 34.1 Å². The molecule has 17 heavy (non-hydrogen) atoms. The minimum Gasteiger partial charge on any atom is -0.288 e. The number of rotatable bonds is 3. The van der Waals surface area contributed by atoms with E-state index in [-0.39, 0.29) is 5.78 Å². The Morgan fingerprint density at radius 2 is 2.00 bits per heavy atom. The van der Waals surface area contributed by atoms with Crippen LogP contribution in [0.1, 0.15) is 20.8 Å². The third kappa shape index (κ3) is 3.38. The van der Waals surface area contributed by atoms with Gasteiger partial charge in [-0.15, -0.1) is 11.3 Å². The van der Waals surface area contributed by atoms with Crippen LogP contribution < -0.4 is 0 Å². The molecular formula is C14H11BrOS. The molecule has 0 amide bonds. The molecule has 0 N–H and O–H groups in total. The molecule has 0 saturated carbocycles. The van der Waals surface area contributed by atoms with Crippen LogP contribution in [0.15, 0.2) is 46.3 Å². The maximum absolute atomic E-state index is 11.8. The highest BCUT2D eigenvalue weighted by molar-refractivity contribution is 9.10. The number of aryl methyl sites for hydroxylation is 1. The van der Waals surface area contributed by atoms with Gasteiger partial charge in [0.25, 0.3) is 0 Å². The predicted octanol–water partition coefficient (Wildman–Crippen LogP) is 4.72. The van der Waals surface area contributed by atoms with E-state index in [0.29, 0.717) is 0 Å². The summed E-state index contributed by atoms with van der Waals surface area (Å²) in [4.78, 5) is 12.6. The Morgan fingerprint density at radius 1 is 1.29 bits per heavy atom. The van der Waals surface area contributed by atoms with Crippen molar-refractivity contribution >= 4 is 39.1 Å². The second-order valence-corrected chi connectivity index (χ2v) is 5.56. The number of halogens is 1. The van der Waals surface area contributed by atoms with Crippen LogP contribution in [0.5, 0.6) is 0 Å². The molecule has 0 saturated heterocycles. The highest BCUT2D eigenvalue weighted by atomic mass is 79.9. The molecule has 86 valence electrons. The summed E-state index contributed by atoms with van der Waals surface area (Å²) in [6.07, 6.45) is 3.46. The zero-order chi connectivity index (χ0) is 12.3. The van der Waals surface area contributed by atoms with Gasteiger partial charge in [0.15, 0.2) is 5.78 Å². The third-order valence-corrected chi connectivity index (χ3v) is 3.86. The molecule has 2 aromatic rings. The summed E-state index contributed by atoms with van der Waals surface area (Å²) < 4.78 is 1.04. The summed E-state index contributed by atoms with van der Waals surface area (Å²) in [7, 11) is 0. The first kappa shape index (κ1) is 12.3. The maximum Gasteiger partial charge on any atom is 0.195 e. The molecule has 0 atom stereocenters. The number of allylic oxidation sites excluding steroid dienone is 1. The number of carbonyl (C=O) groups is 1. The van der Waals surface area contributed by atoms with Crippen molar-refractivity contribution in [3.63, 3.8) is 0 Å². The van der Waals surface area contributed by atoms with E-state index < -0.39 is 0 Å². The van der Waals surface area contributed by atoms with Crippen molar-refractivity contribution < 1.29 is 4.79 Å². The molecule has 0 bridgehead atoms. The Balaban J connectivity index is 2.10. The summed E-state index contributed by atoms with van der Waals surface area (Å²) in [6, 6.07) is 9.76. The third-order valence-electron chi connectivity index (χ3n) is 2.27. The van der Waals surface area contributed by atoms with Gasteiger partial charge in [-0.2, -0.15) is 0 Å².